The SMILES string of the molecule is O=C(O)CN1CCC[C@H]2CCc3cccnc3[C@H]21. The zero-order valence-electron chi connectivity index (χ0n) is 10.4. The Labute approximate surface area is 107 Å². The van der Waals surface area contributed by atoms with Crippen LogP contribution in [0.2, 0.25) is 0 Å². The van der Waals surface area contributed by atoms with E-state index in [-0.39, 0.29) is 12.6 Å². The van der Waals surface area contributed by atoms with Crippen molar-refractivity contribution in [1.82, 2.24) is 9.88 Å². The van der Waals surface area contributed by atoms with Crippen molar-refractivity contribution in [3.8, 4) is 0 Å². The number of carboxylic acids is 1. The van der Waals surface area contributed by atoms with Crippen LogP contribution >= 0.6 is 0 Å². The first kappa shape index (κ1) is 11.7. The molecular weight excluding hydrogens is 228 g/mol. The number of aromatic nitrogens is 1. The van der Waals surface area contributed by atoms with Gasteiger partial charge in [0.1, 0.15) is 0 Å². The van der Waals surface area contributed by atoms with E-state index in [1.807, 2.05) is 12.3 Å². The second kappa shape index (κ2) is 4.69. The Morgan fingerprint density at radius 1 is 1.50 bits per heavy atom. The van der Waals surface area contributed by atoms with Gasteiger partial charge in [-0.15, -0.1) is 0 Å². The number of rotatable bonds is 2. The van der Waals surface area contributed by atoms with Crippen molar-refractivity contribution < 1.29 is 9.90 Å². The van der Waals surface area contributed by atoms with Crippen molar-refractivity contribution in [2.75, 3.05) is 13.1 Å². The van der Waals surface area contributed by atoms with Gasteiger partial charge in [-0.1, -0.05) is 6.07 Å². The van der Waals surface area contributed by atoms with Crippen LogP contribution < -0.4 is 0 Å². The van der Waals surface area contributed by atoms with Gasteiger partial charge in [-0.3, -0.25) is 14.7 Å². The number of carboxylic acid groups (broad SMARTS) is 1. The fourth-order valence-corrected chi connectivity index (χ4v) is 3.47. The molecular formula is C14H18N2O2. The third kappa shape index (κ3) is 2.01. The van der Waals surface area contributed by atoms with Crippen LogP contribution in [-0.2, 0) is 11.2 Å². The molecule has 4 heteroatoms. The van der Waals surface area contributed by atoms with Gasteiger partial charge in [0.15, 0.2) is 0 Å². The number of fused-ring (bicyclic) bond motifs is 3. The molecule has 2 atom stereocenters. The molecule has 1 aliphatic carbocycles. The molecule has 18 heavy (non-hydrogen) atoms. The summed E-state index contributed by atoms with van der Waals surface area (Å²) in [5.74, 6) is -0.154. The number of aryl methyl sites for hydroxylation is 1. The molecule has 1 aliphatic heterocycles. The molecule has 0 amide bonds. The van der Waals surface area contributed by atoms with Crippen LogP contribution in [0, 0.1) is 5.92 Å². The Balaban J connectivity index is 1.94. The maximum Gasteiger partial charge on any atom is 0.317 e. The normalized spacial score (nSPS) is 27.3. The monoisotopic (exact) mass is 246 g/mol. The molecule has 2 aliphatic rings. The van der Waals surface area contributed by atoms with E-state index in [2.05, 4.69) is 16.0 Å². The van der Waals surface area contributed by atoms with Gasteiger partial charge in [-0.2, -0.15) is 0 Å². The molecule has 96 valence electrons. The molecule has 0 radical (unpaired) electrons. The van der Waals surface area contributed by atoms with Crippen LogP contribution in [0.4, 0.5) is 0 Å². The maximum atomic E-state index is 11.0. The van der Waals surface area contributed by atoms with Crippen LogP contribution in [0.5, 0.6) is 0 Å². The number of hydrogen-bond donors (Lipinski definition) is 1. The lowest BCUT2D eigenvalue weighted by molar-refractivity contribution is -0.140. The van der Waals surface area contributed by atoms with E-state index in [9.17, 15) is 4.79 Å². The third-order valence-corrected chi connectivity index (χ3v) is 4.19. The zero-order valence-corrected chi connectivity index (χ0v) is 10.4. The summed E-state index contributed by atoms with van der Waals surface area (Å²) in [6.45, 7) is 1.01. The molecule has 0 bridgehead atoms. The number of hydrogen-bond acceptors (Lipinski definition) is 3. The van der Waals surface area contributed by atoms with Crippen molar-refractivity contribution in [3.63, 3.8) is 0 Å². The Bertz CT molecular complexity index is 461. The highest BCUT2D eigenvalue weighted by molar-refractivity contribution is 5.69. The second-order valence-electron chi connectivity index (χ2n) is 5.30. The predicted octanol–water partition coefficient (Wildman–Crippen LogP) is 1.87. The summed E-state index contributed by atoms with van der Waals surface area (Å²) in [5.41, 5.74) is 2.42. The Hall–Kier alpha value is -1.42. The van der Waals surface area contributed by atoms with Gasteiger partial charge in [-0.25, -0.2) is 0 Å². The summed E-state index contributed by atoms with van der Waals surface area (Å²) < 4.78 is 0. The number of carbonyl (C=O) groups is 1. The van der Waals surface area contributed by atoms with Crippen LogP contribution in [-0.4, -0.2) is 34.0 Å². The van der Waals surface area contributed by atoms with Crippen LogP contribution in [0.25, 0.3) is 0 Å². The quantitative estimate of drug-likeness (QED) is 0.865. The van der Waals surface area contributed by atoms with Crippen molar-refractivity contribution >= 4 is 5.97 Å². The summed E-state index contributed by atoms with van der Waals surface area (Å²) in [4.78, 5) is 17.6. The van der Waals surface area contributed by atoms with E-state index < -0.39 is 5.97 Å². The van der Waals surface area contributed by atoms with Crippen molar-refractivity contribution in [2.45, 2.75) is 31.7 Å². The lowest BCUT2D eigenvalue weighted by atomic mass is 9.77. The second-order valence-corrected chi connectivity index (χ2v) is 5.30. The molecule has 4 nitrogen and oxygen atoms in total. The zero-order chi connectivity index (χ0) is 12.5. The summed E-state index contributed by atoms with van der Waals surface area (Å²) in [7, 11) is 0. The van der Waals surface area contributed by atoms with E-state index in [1.165, 1.54) is 18.4 Å². The highest BCUT2D eigenvalue weighted by Gasteiger charge is 2.37. The largest absolute Gasteiger partial charge is 0.480 e. The molecule has 1 aromatic heterocycles. The number of nitrogens with zero attached hydrogens (tertiary/aromatic N) is 2. The van der Waals surface area contributed by atoms with Crippen LogP contribution in [0.1, 0.15) is 36.6 Å². The molecule has 2 heterocycles. The Morgan fingerprint density at radius 2 is 2.39 bits per heavy atom. The minimum Gasteiger partial charge on any atom is -0.480 e. The summed E-state index contributed by atoms with van der Waals surface area (Å²) in [5, 5.41) is 9.04. The van der Waals surface area contributed by atoms with Crippen molar-refractivity contribution in [1.29, 1.82) is 0 Å². The smallest absolute Gasteiger partial charge is 0.317 e. The number of likely N-dealkylation sites (tertiary alicyclic amines) is 1. The summed E-state index contributed by atoms with van der Waals surface area (Å²) >= 11 is 0. The van der Waals surface area contributed by atoms with Gasteiger partial charge in [0.2, 0.25) is 0 Å². The highest BCUT2D eigenvalue weighted by Crippen LogP contribution is 2.42. The third-order valence-electron chi connectivity index (χ3n) is 4.19. The first-order valence-corrected chi connectivity index (χ1v) is 6.65. The maximum absolute atomic E-state index is 11.0. The molecule has 0 aromatic carbocycles. The van der Waals surface area contributed by atoms with Gasteiger partial charge < -0.3 is 5.11 Å². The van der Waals surface area contributed by atoms with E-state index in [1.54, 1.807) is 0 Å². The fraction of sp³-hybridized carbons (Fsp3) is 0.571. The summed E-state index contributed by atoms with van der Waals surface area (Å²) in [6.07, 6.45) is 6.40. The highest BCUT2D eigenvalue weighted by atomic mass is 16.4. The molecule has 1 N–H and O–H groups in total. The predicted molar refractivity (Wildman–Crippen MR) is 67.2 cm³/mol. The van der Waals surface area contributed by atoms with Gasteiger partial charge in [0, 0.05) is 6.20 Å². The molecule has 1 saturated heterocycles. The molecule has 0 saturated carbocycles. The first-order chi connectivity index (χ1) is 8.75. The fourth-order valence-electron chi connectivity index (χ4n) is 3.47. The molecule has 1 fully saturated rings. The van der Waals surface area contributed by atoms with Crippen LogP contribution in [0.3, 0.4) is 0 Å². The van der Waals surface area contributed by atoms with E-state index in [4.69, 9.17) is 5.11 Å². The van der Waals surface area contributed by atoms with Gasteiger partial charge >= 0.3 is 5.97 Å². The minimum atomic E-state index is -0.737. The topological polar surface area (TPSA) is 53.4 Å². The number of pyridine rings is 1. The van der Waals surface area contributed by atoms with Crippen LogP contribution in [0.15, 0.2) is 18.3 Å². The van der Waals surface area contributed by atoms with E-state index in [0.717, 1.165) is 25.1 Å². The summed E-state index contributed by atoms with van der Waals surface area (Å²) in [6, 6.07) is 4.33. The molecule has 3 rings (SSSR count). The number of piperidine rings is 1. The molecule has 0 spiro atoms. The minimum absolute atomic E-state index is 0.136. The van der Waals surface area contributed by atoms with E-state index >= 15 is 0 Å². The average Bonchev–Trinajstić information content (AvgIpc) is 2.38. The lowest BCUT2D eigenvalue weighted by Crippen LogP contribution is -2.44. The van der Waals surface area contributed by atoms with Crippen molar-refractivity contribution in [2.24, 2.45) is 5.92 Å². The Kier molecular flexibility index (Phi) is 3.04. The number of aliphatic carboxylic acids is 1. The van der Waals surface area contributed by atoms with Gasteiger partial charge in [0.25, 0.3) is 0 Å². The lowest BCUT2D eigenvalue weighted by Gasteiger charge is -2.43. The molecule has 1 aromatic rings. The molecule has 0 unspecified atom stereocenters. The van der Waals surface area contributed by atoms with Crippen molar-refractivity contribution in [3.05, 3.63) is 29.6 Å². The Morgan fingerprint density at radius 3 is 3.22 bits per heavy atom. The van der Waals surface area contributed by atoms with Gasteiger partial charge in [-0.05, 0) is 49.8 Å². The standard InChI is InChI=1S/C14H18N2O2/c17-12(18)9-16-8-2-4-11-6-5-10-3-1-7-15-13(10)14(11)16/h1,3,7,11,14H,2,4-6,8-9H2,(H,17,18)/t11-,14-/m0/s1. The average molecular weight is 246 g/mol. The van der Waals surface area contributed by atoms with Gasteiger partial charge in [0.05, 0.1) is 18.3 Å². The van der Waals surface area contributed by atoms with E-state index in [0.29, 0.717) is 5.92 Å². The first-order valence-electron chi connectivity index (χ1n) is 6.65.